The summed E-state index contributed by atoms with van der Waals surface area (Å²) in [5.74, 6) is 0. The molecule has 1 aromatic carbocycles. The predicted molar refractivity (Wildman–Crippen MR) is 86.7 cm³/mol. The molecular weight excluding hydrogens is 268 g/mol. The smallest absolute Gasteiger partial charge is 0.0771 e. The molecule has 0 aliphatic carbocycles. The van der Waals surface area contributed by atoms with Gasteiger partial charge < -0.3 is 10.8 Å². The zero-order chi connectivity index (χ0) is 14.4. The van der Waals surface area contributed by atoms with Gasteiger partial charge >= 0.3 is 0 Å². The molecule has 4 heteroatoms. The van der Waals surface area contributed by atoms with Gasteiger partial charge in [0.2, 0.25) is 0 Å². The first-order valence-corrected chi connectivity index (χ1v) is 7.81. The van der Waals surface area contributed by atoms with Crippen LogP contribution in [0.15, 0.2) is 24.3 Å². The number of nitrogens with zero attached hydrogens (tertiary/aromatic N) is 1. The Bertz CT molecular complexity index is 448. The number of rotatable bonds is 6. The number of nitrogens with two attached hydrogens (primary N) is 1. The van der Waals surface area contributed by atoms with E-state index >= 15 is 0 Å². The summed E-state index contributed by atoms with van der Waals surface area (Å²) in [7, 11) is 0. The Balaban J connectivity index is 2.02. The third-order valence-corrected chi connectivity index (χ3v) is 4.11. The fourth-order valence-corrected chi connectivity index (χ4v) is 3.18. The van der Waals surface area contributed by atoms with Crippen LogP contribution in [0.1, 0.15) is 36.8 Å². The Morgan fingerprint density at radius 1 is 1.35 bits per heavy atom. The molecule has 0 saturated carbocycles. The quantitative estimate of drug-likeness (QED) is 0.790. The summed E-state index contributed by atoms with van der Waals surface area (Å²) >= 11 is 4.97. The van der Waals surface area contributed by atoms with Gasteiger partial charge in [-0.25, -0.2) is 0 Å². The molecular formula is C16H24N2OS. The second kappa shape index (κ2) is 7.72. The molecule has 1 aromatic rings. The number of benzene rings is 1. The highest BCUT2D eigenvalue weighted by Gasteiger charge is 2.21. The molecule has 2 rings (SSSR count). The zero-order valence-corrected chi connectivity index (χ0v) is 12.7. The lowest BCUT2D eigenvalue weighted by atomic mass is 9.98. The van der Waals surface area contributed by atoms with Gasteiger partial charge in [-0.2, -0.15) is 0 Å². The van der Waals surface area contributed by atoms with Gasteiger partial charge in [0.05, 0.1) is 4.99 Å². The van der Waals surface area contributed by atoms with Crippen molar-refractivity contribution in [3.05, 3.63) is 35.4 Å². The minimum Gasteiger partial charge on any atom is -0.396 e. The number of hydrogen-bond acceptors (Lipinski definition) is 3. The summed E-state index contributed by atoms with van der Waals surface area (Å²) in [4.78, 5) is 3.04. The molecule has 0 amide bonds. The van der Waals surface area contributed by atoms with E-state index in [1.807, 2.05) is 0 Å². The number of thiocarbonyl (C=S) groups is 1. The molecule has 0 aromatic heterocycles. The molecule has 0 bridgehead atoms. The first-order valence-electron chi connectivity index (χ1n) is 7.40. The fourth-order valence-electron chi connectivity index (χ4n) is 3.02. The second-order valence-electron chi connectivity index (χ2n) is 5.60. The monoisotopic (exact) mass is 292 g/mol. The van der Waals surface area contributed by atoms with E-state index in [4.69, 9.17) is 18.0 Å². The minimum atomic E-state index is 0.280. The third-order valence-electron chi connectivity index (χ3n) is 3.97. The maximum Gasteiger partial charge on any atom is 0.0771 e. The highest BCUT2D eigenvalue weighted by Crippen LogP contribution is 2.22. The summed E-state index contributed by atoms with van der Waals surface area (Å²) in [6, 6.07) is 9.03. The van der Waals surface area contributed by atoms with Gasteiger partial charge in [0.1, 0.15) is 0 Å². The molecule has 3 N–H and O–H groups in total. The van der Waals surface area contributed by atoms with Gasteiger partial charge in [-0.3, -0.25) is 4.90 Å². The van der Waals surface area contributed by atoms with Gasteiger partial charge in [-0.15, -0.1) is 0 Å². The standard InChI is InChI=1S/C16H24N2OS/c17-16(20)11-13-4-3-5-14(10-13)12-18-8-2-1-6-15(18)7-9-19/h3-5,10,15,19H,1-2,6-9,11-12H2,(H2,17,20). The Hall–Kier alpha value is -0.970. The van der Waals surface area contributed by atoms with E-state index < -0.39 is 0 Å². The lowest BCUT2D eigenvalue weighted by Gasteiger charge is -2.35. The molecule has 1 aliphatic heterocycles. The number of likely N-dealkylation sites (tertiary alicyclic amines) is 1. The molecule has 0 spiro atoms. The predicted octanol–water partition coefficient (Wildman–Crippen LogP) is 2.25. The summed E-state index contributed by atoms with van der Waals surface area (Å²) in [6.07, 6.45) is 5.29. The SMILES string of the molecule is NC(=S)Cc1cccc(CN2CCCCC2CCO)c1. The number of piperidine rings is 1. The van der Waals surface area contributed by atoms with E-state index in [2.05, 4.69) is 29.2 Å². The lowest BCUT2D eigenvalue weighted by Crippen LogP contribution is -2.39. The third kappa shape index (κ3) is 4.54. The fraction of sp³-hybridized carbons (Fsp3) is 0.562. The van der Waals surface area contributed by atoms with Gasteiger partial charge in [-0.1, -0.05) is 42.9 Å². The van der Waals surface area contributed by atoms with Crippen molar-refractivity contribution in [1.82, 2.24) is 4.90 Å². The van der Waals surface area contributed by atoms with Crippen LogP contribution >= 0.6 is 12.2 Å². The summed E-state index contributed by atoms with van der Waals surface area (Å²) in [6.45, 7) is 2.36. The Labute approximate surface area is 126 Å². The maximum absolute atomic E-state index is 9.19. The molecule has 1 saturated heterocycles. The van der Waals surface area contributed by atoms with E-state index in [1.165, 1.54) is 30.4 Å². The zero-order valence-electron chi connectivity index (χ0n) is 11.9. The molecule has 1 aliphatic rings. The van der Waals surface area contributed by atoms with Crippen LogP contribution in [-0.4, -0.2) is 34.2 Å². The van der Waals surface area contributed by atoms with E-state index in [0.29, 0.717) is 17.5 Å². The van der Waals surface area contributed by atoms with Gasteiger partial charge in [0.15, 0.2) is 0 Å². The molecule has 1 fully saturated rings. The minimum absolute atomic E-state index is 0.280. The van der Waals surface area contributed by atoms with Gasteiger partial charge in [-0.05, 0) is 36.9 Å². The Morgan fingerprint density at radius 2 is 2.15 bits per heavy atom. The number of hydrogen-bond donors (Lipinski definition) is 2. The van der Waals surface area contributed by atoms with Crippen LogP contribution in [0.25, 0.3) is 0 Å². The molecule has 1 atom stereocenters. The molecule has 1 heterocycles. The summed E-state index contributed by atoms with van der Waals surface area (Å²) in [5.41, 5.74) is 8.11. The highest BCUT2D eigenvalue weighted by molar-refractivity contribution is 7.80. The molecule has 0 radical (unpaired) electrons. The average molecular weight is 292 g/mol. The van der Waals surface area contributed by atoms with Crippen LogP contribution in [0.3, 0.4) is 0 Å². The van der Waals surface area contributed by atoms with Crippen molar-refractivity contribution in [2.45, 2.75) is 44.7 Å². The van der Waals surface area contributed by atoms with E-state index in [-0.39, 0.29) is 6.61 Å². The summed E-state index contributed by atoms with van der Waals surface area (Å²) in [5, 5.41) is 9.19. The molecule has 3 nitrogen and oxygen atoms in total. The Kier molecular flexibility index (Phi) is 5.95. The number of aliphatic hydroxyl groups is 1. The van der Waals surface area contributed by atoms with Crippen LogP contribution in [0, 0.1) is 0 Å². The normalized spacial score (nSPS) is 19.9. The van der Waals surface area contributed by atoms with Crippen LogP contribution < -0.4 is 5.73 Å². The first-order chi connectivity index (χ1) is 9.69. The molecule has 1 unspecified atom stereocenters. The van der Waals surface area contributed by atoms with Crippen molar-refractivity contribution < 1.29 is 5.11 Å². The van der Waals surface area contributed by atoms with Crippen molar-refractivity contribution in [3.8, 4) is 0 Å². The van der Waals surface area contributed by atoms with E-state index in [9.17, 15) is 5.11 Å². The molecule has 20 heavy (non-hydrogen) atoms. The maximum atomic E-state index is 9.19. The lowest BCUT2D eigenvalue weighted by molar-refractivity contribution is 0.112. The summed E-state index contributed by atoms with van der Waals surface area (Å²) < 4.78 is 0. The van der Waals surface area contributed by atoms with Crippen molar-refractivity contribution in [2.75, 3.05) is 13.2 Å². The molecule has 110 valence electrons. The van der Waals surface area contributed by atoms with Gasteiger partial charge in [0.25, 0.3) is 0 Å². The van der Waals surface area contributed by atoms with Crippen molar-refractivity contribution in [3.63, 3.8) is 0 Å². The van der Waals surface area contributed by atoms with Crippen LogP contribution in [0.4, 0.5) is 0 Å². The average Bonchev–Trinajstić information content (AvgIpc) is 2.41. The van der Waals surface area contributed by atoms with E-state index in [1.54, 1.807) is 0 Å². The van der Waals surface area contributed by atoms with E-state index in [0.717, 1.165) is 19.5 Å². The number of aliphatic hydroxyl groups excluding tert-OH is 1. The van der Waals surface area contributed by atoms with Crippen LogP contribution in [0.5, 0.6) is 0 Å². The van der Waals surface area contributed by atoms with Gasteiger partial charge in [0, 0.05) is 25.6 Å². The Morgan fingerprint density at radius 3 is 2.90 bits per heavy atom. The first kappa shape index (κ1) is 15.4. The van der Waals surface area contributed by atoms with Crippen molar-refractivity contribution in [2.24, 2.45) is 5.73 Å². The highest BCUT2D eigenvalue weighted by atomic mass is 32.1. The second-order valence-corrected chi connectivity index (χ2v) is 6.12. The largest absolute Gasteiger partial charge is 0.396 e. The van der Waals surface area contributed by atoms with Crippen LogP contribution in [0.2, 0.25) is 0 Å². The van der Waals surface area contributed by atoms with Crippen molar-refractivity contribution >= 4 is 17.2 Å². The topological polar surface area (TPSA) is 49.5 Å². The van der Waals surface area contributed by atoms with Crippen molar-refractivity contribution in [1.29, 1.82) is 0 Å². The van der Waals surface area contributed by atoms with Crippen LogP contribution in [-0.2, 0) is 13.0 Å².